The van der Waals surface area contributed by atoms with Crippen molar-refractivity contribution in [1.29, 1.82) is 0 Å². The van der Waals surface area contributed by atoms with E-state index in [2.05, 4.69) is 10.6 Å². The van der Waals surface area contributed by atoms with E-state index in [1.165, 1.54) is 0 Å². The topological polar surface area (TPSA) is 76.0 Å². The summed E-state index contributed by atoms with van der Waals surface area (Å²) in [4.78, 5) is 30.1. The molecule has 0 aliphatic carbocycles. The van der Waals surface area contributed by atoms with E-state index in [0.29, 0.717) is 5.56 Å². The third kappa shape index (κ3) is 4.54. The first-order valence-electron chi connectivity index (χ1n) is 10.5. The van der Waals surface area contributed by atoms with Crippen molar-refractivity contribution in [1.82, 2.24) is 20.2 Å². The lowest BCUT2D eigenvalue weighted by Gasteiger charge is -2.19. The van der Waals surface area contributed by atoms with Crippen LogP contribution in [0.4, 0.5) is 0 Å². The minimum atomic E-state index is -0.445. The molecule has 0 saturated heterocycles. The SMILES string of the molecule is Cc1cc(C)cc(C(=O)NCC(=O)NC(c2ccccc2)c2nc3ccccc3n2C)c1. The van der Waals surface area contributed by atoms with Gasteiger partial charge in [0, 0.05) is 12.6 Å². The Balaban J connectivity index is 1.54. The zero-order valence-electron chi connectivity index (χ0n) is 18.4. The third-order valence-electron chi connectivity index (χ3n) is 5.41. The van der Waals surface area contributed by atoms with Gasteiger partial charge in [0.25, 0.3) is 5.91 Å². The number of aryl methyl sites for hydroxylation is 3. The van der Waals surface area contributed by atoms with Crippen molar-refractivity contribution < 1.29 is 9.59 Å². The van der Waals surface area contributed by atoms with Gasteiger partial charge in [-0.15, -0.1) is 0 Å². The number of fused-ring (bicyclic) bond motifs is 1. The molecule has 0 bridgehead atoms. The smallest absolute Gasteiger partial charge is 0.251 e. The van der Waals surface area contributed by atoms with Gasteiger partial charge in [-0.2, -0.15) is 0 Å². The Kier molecular flexibility index (Phi) is 6.03. The molecule has 32 heavy (non-hydrogen) atoms. The highest BCUT2D eigenvalue weighted by Gasteiger charge is 2.23. The lowest BCUT2D eigenvalue weighted by Crippen LogP contribution is -2.39. The number of imidazole rings is 1. The molecule has 4 rings (SSSR count). The number of rotatable bonds is 6. The summed E-state index contributed by atoms with van der Waals surface area (Å²) in [6.45, 7) is 3.76. The Labute approximate surface area is 187 Å². The number of amides is 2. The predicted molar refractivity (Wildman–Crippen MR) is 125 cm³/mol. The summed E-state index contributed by atoms with van der Waals surface area (Å²) in [6.07, 6.45) is 0. The molecule has 3 aromatic carbocycles. The molecule has 6 nitrogen and oxygen atoms in total. The van der Waals surface area contributed by atoms with Gasteiger partial charge in [-0.1, -0.05) is 59.7 Å². The Hall–Kier alpha value is -3.93. The summed E-state index contributed by atoms with van der Waals surface area (Å²) >= 11 is 0. The molecule has 0 saturated carbocycles. The molecule has 2 N–H and O–H groups in total. The van der Waals surface area contributed by atoms with Gasteiger partial charge >= 0.3 is 0 Å². The normalized spacial score (nSPS) is 11.8. The maximum Gasteiger partial charge on any atom is 0.251 e. The van der Waals surface area contributed by atoms with Gasteiger partial charge in [-0.3, -0.25) is 9.59 Å². The lowest BCUT2D eigenvalue weighted by molar-refractivity contribution is -0.120. The highest BCUT2D eigenvalue weighted by Crippen LogP contribution is 2.24. The van der Waals surface area contributed by atoms with Crippen molar-refractivity contribution in [2.75, 3.05) is 6.54 Å². The van der Waals surface area contributed by atoms with Gasteiger partial charge in [-0.25, -0.2) is 4.98 Å². The molecule has 1 heterocycles. The van der Waals surface area contributed by atoms with Crippen LogP contribution in [0.15, 0.2) is 72.8 Å². The molecule has 6 heteroatoms. The van der Waals surface area contributed by atoms with E-state index in [1.807, 2.05) is 98.3 Å². The molecule has 0 spiro atoms. The van der Waals surface area contributed by atoms with E-state index in [4.69, 9.17) is 4.98 Å². The van der Waals surface area contributed by atoms with Crippen molar-refractivity contribution in [2.24, 2.45) is 7.05 Å². The number of nitrogens with one attached hydrogen (secondary N) is 2. The van der Waals surface area contributed by atoms with Crippen LogP contribution in [0, 0.1) is 13.8 Å². The van der Waals surface area contributed by atoms with Crippen LogP contribution in [-0.2, 0) is 11.8 Å². The number of hydrogen-bond donors (Lipinski definition) is 2. The summed E-state index contributed by atoms with van der Waals surface area (Å²) < 4.78 is 1.99. The first-order valence-corrected chi connectivity index (χ1v) is 10.5. The molecule has 0 aliphatic heterocycles. The van der Waals surface area contributed by atoms with E-state index in [9.17, 15) is 9.59 Å². The van der Waals surface area contributed by atoms with Gasteiger partial charge in [0.15, 0.2) is 0 Å². The zero-order chi connectivity index (χ0) is 22.7. The Morgan fingerprint density at radius 2 is 1.59 bits per heavy atom. The van der Waals surface area contributed by atoms with E-state index in [1.54, 1.807) is 0 Å². The fraction of sp³-hybridized carbons (Fsp3) is 0.192. The average molecular weight is 427 g/mol. The number of benzene rings is 3. The average Bonchev–Trinajstić information content (AvgIpc) is 3.12. The molecule has 4 aromatic rings. The van der Waals surface area contributed by atoms with Crippen LogP contribution in [0.1, 0.15) is 38.9 Å². The first kappa shape index (κ1) is 21.3. The molecular weight excluding hydrogens is 400 g/mol. The fourth-order valence-electron chi connectivity index (χ4n) is 3.95. The number of nitrogens with zero attached hydrogens (tertiary/aromatic N) is 2. The number of para-hydroxylation sites is 2. The molecular formula is C26H26N4O2. The van der Waals surface area contributed by atoms with Gasteiger partial charge < -0.3 is 15.2 Å². The van der Waals surface area contributed by atoms with Crippen LogP contribution in [-0.4, -0.2) is 27.9 Å². The van der Waals surface area contributed by atoms with Gasteiger partial charge in [0.1, 0.15) is 11.9 Å². The maximum absolute atomic E-state index is 12.8. The molecule has 0 aliphatic rings. The summed E-state index contributed by atoms with van der Waals surface area (Å²) in [5.74, 6) is 0.168. The van der Waals surface area contributed by atoms with Crippen molar-refractivity contribution in [3.63, 3.8) is 0 Å². The Morgan fingerprint density at radius 3 is 2.28 bits per heavy atom. The van der Waals surface area contributed by atoms with Crippen molar-refractivity contribution in [2.45, 2.75) is 19.9 Å². The van der Waals surface area contributed by atoms with Gasteiger partial charge in [0.2, 0.25) is 5.91 Å². The second-order valence-electron chi connectivity index (χ2n) is 7.99. The molecule has 1 atom stereocenters. The highest BCUT2D eigenvalue weighted by atomic mass is 16.2. The van der Waals surface area contributed by atoms with Crippen molar-refractivity contribution >= 4 is 22.8 Å². The molecule has 162 valence electrons. The van der Waals surface area contributed by atoms with Gasteiger partial charge in [0.05, 0.1) is 17.6 Å². The number of hydrogen-bond acceptors (Lipinski definition) is 3. The quantitative estimate of drug-likeness (QED) is 0.492. The second kappa shape index (κ2) is 9.06. The Bertz CT molecular complexity index is 1260. The van der Waals surface area contributed by atoms with E-state index < -0.39 is 6.04 Å². The number of aromatic nitrogens is 2. The summed E-state index contributed by atoms with van der Waals surface area (Å²) in [7, 11) is 1.94. The van der Waals surface area contributed by atoms with Crippen LogP contribution in [0.2, 0.25) is 0 Å². The molecule has 1 unspecified atom stereocenters. The van der Waals surface area contributed by atoms with Crippen molar-refractivity contribution in [3.05, 3.63) is 101 Å². The predicted octanol–water partition coefficient (Wildman–Crippen LogP) is 3.83. The van der Waals surface area contributed by atoms with Crippen molar-refractivity contribution in [3.8, 4) is 0 Å². The summed E-state index contributed by atoms with van der Waals surface area (Å²) in [5.41, 5.74) is 5.32. The Morgan fingerprint density at radius 1 is 0.938 bits per heavy atom. The fourth-order valence-corrected chi connectivity index (χ4v) is 3.95. The minimum Gasteiger partial charge on any atom is -0.343 e. The molecule has 0 fully saturated rings. The summed E-state index contributed by atoms with van der Waals surface area (Å²) in [6, 6.07) is 22.7. The zero-order valence-corrected chi connectivity index (χ0v) is 18.4. The molecule has 1 aromatic heterocycles. The van der Waals surface area contributed by atoms with Crippen LogP contribution in [0.3, 0.4) is 0 Å². The number of carbonyl (C=O) groups is 2. The van der Waals surface area contributed by atoms with E-state index >= 15 is 0 Å². The van der Waals surface area contributed by atoms with Crippen LogP contribution in [0.25, 0.3) is 11.0 Å². The van der Waals surface area contributed by atoms with Crippen LogP contribution >= 0.6 is 0 Å². The molecule has 2 amide bonds. The third-order valence-corrected chi connectivity index (χ3v) is 5.41. The summed E-state index contributed by atoms with van der Waals surface area (Å²) in [5, 5.41) is 5.77. The monoisotopic (exact) mass is 426 g/mol. The standard InChI is InChI=1S/C26H26N4O2/c1-17-13-18(2)15-20(14-17)26(32)27-16-23(31)29-24(19-9-5-4-6-10-19)25-28-21-11-7-8-12-22(21)30(25)3/h4-15,24H,16H2,1-3H3,(H,27,32)(H,29,31). The second-order valence-corrected chi connectivity index (χ2v) is 7.99. The largest absolute Gasteiger partial charge is 0.343 e. The van der Waals surface area contributed by atoms with E-state index in [0.717, 1.165) is 33.5 Å². The highest BCUT2D eigenvalue weighted by molar-refractivity contribution is 5.96. The van der Waals surface area contributed by atoms with Gasteiger partial charge in [-0.05, 0) is 43.7 Å². The van der Waals surface area contributed by atoms with Crippen LogP contribution < -0.4 is 10.6 Å². The first-order chi connectivity index (χ1) is 15.4. The van der Waals surface area contributed by atoms with E-state index in [-0.39, 0.29) is 18.4 Å². The maximum atomic E-state index is 12.8. The number of carbonyl (C=O) groups excluding carboxylic acids is 2. The van der Waals surface area contributed by atoms with Crippen LogP contribution in [0.5, 0.6) is 0 Å². The lowest BCUT2D eigenvalue weighted by atomic mass is 10.1. The molecule has 0 radical (unpaired) electrons. The minimum absolute atomic E-state index is 0.126.